The summed E-state index contributed by atoms with van der Waals surface area (Å²) in [6.45, 7) is 1.91. The number of benzene rings is 1. The lowest BCUT2D eigenvalue weighted by Crippen LogP contribution is -2.44. The molecular weight excluding hydrogens is 308 g/mol. The van der Waals surface area contributed by atoms with Crippen LogP contribution in [0.2, 0.25) is 0 Å². The van der Waals surface area contributed by atoms with Crippen molar-refractivity contribution in [1.82, 2.24) is 15.5 Å². The molecule has 0 saturated heterocycles. The lowest BCUT2D eigenvalue weighted by molar-refractivity contribution is -0.124. The Kier molecular flexibility index (Phi) is 6.97. The van der Waals surface area contributed by atoms with E-state index < -0.39 is 12.1 Å². The van der Waals surface area contributed by atoms with Gasteiger partial charge >= 0.3 is 0 Å². The highest BCUT2D eigenvalue weighted by Crippen LogP contribution is 2.18. The van der Waals surface area contributed by atoms with E-state index >= 15 is 0 Å². The number of rotatable bonds is 6. The fourth-order valence-corrected chi connectivity index (χ4v) is 1.75. The maximum Gasteiger partial charge on any atom is 0.257 e. The van der Waals surface area contributed by atoms with Crippen LogP contribution < -0.4 is 11.1 Å². The van der Waals surface area contributed by atoms with Crippen molar-refractivity contribution in [3.8, 4) is 11.5 Å². The van der Waals surface area contributed by atoms with Gasteiger partial charge in [0.2, 0.25) is 5.91 Å². The minimum Gasteiger partial charge on any atom is -0.383 e. The Balaban J connectivity index is 0.00000242. The van der Waals surface area contributed by atoms with Gasteiger partial charge in [0.15, 0.2) is 5.82 Å². The molecule has 2 unspecified atom stereocenters. The Morgan fingerprint density at radius 1 is 1.41 bits per heavy atom. The molecule has 0 spiro atoms. The van der Waals surface area contributed by atoms with E-state index in [1.165, 1.54) is 7.11 Å². The van der Waals surface area contributed by atoms with Gasteiger partial charge < -0.3 is 20.3 Å². The predicted octanol–water partition coefficient (Wildman–Crippen LogP) is 1.31. The number of hydrogen-bond donors (Lipinski definition) is 2. The molecule has 120 valence electrons. The van der Waals surface area contributed by atoms with E-state index in [9.17, 15) is 4.79 Å². The van der Waals surface area contributed by atoms with Gasteiger partial charge in [-0.3, -0.25) is 4.79 Å². The Labute approximate surface area is 134 Å². The van der Waals surface area contributed by atoms with Gasteiger partial charge in [0.05, 0.1) is 12.6 Å². The molecule has 2 rings (SSSR count). The maximum absolute atomic E-state index is 11.8. The van der Waals surface area contributed by atoms with Gasteiger partial charge in [-0.2, -0.15) is 4.98 Å². The van der Waals surface area contributed by atoms with Gasteiger partial charge in [-0.1, -0.05) is 23.4 Å². The molecule has 0 aliphatic carbocycles. The molecule has 3 N–H and O–H groups in total. The molecule has 8 heteroatoms. The zero-order chi connectivity index (χ0) is 15.2. The topological polar surface area (TPSA) is 103 Å². The standard InChI is InChI=1S/C14H18N4O3.ClH/c1-9(16-13(19)11(15)8-20-2)12-17-14(21-18-12)10-6-4-3-5-7-10;/h3-7,9,11H,8,15H2,1-2H3,(H,16,19);1H. The van der Waals surface area contributed by atoms with Crippen molar-refractivity contribution >= 4 is 18.3 Å². The van der Waals surface area contributed by atoms with E-state index in [2.05, 4.69) is 15.5 Å². The number of nitrogens with one attached hydrogen (secondary N) is 1. The first-order valence-corrected chi connectivity index (χ1v) is 6.55. The average molecular weight is 327 g/mol. The van der Waals surface area contributed by atoms with Crippen molar-refractivity contribution in [2.75, 3.05) is 13.7 Å². The van der Waals surface area contributed by atoms with Gasteiger partial charge in [0.25, 0.3) is 5.89 Å². The number of carbonyl (C=O) groups excluding carboxylic acids is 1. The summed E-state index contributed by atoms with van der Waals surface area (Å²) in [5.41, 5.74) is 6.47. The summed E-state index contributed by atoms with van der Waals surface area (Å²) in [6.07, 6.45) is 0. The van der Waals surface area contributed by atoms with Crippen molar-refractivity contribution in [3.05, 3.63) is 36.2 Å². The van der Waals surface area contributed by atoms with Crippen LogP contribution in [0.1, 0.15) is 18.8 Å². The molecule has 1 aromatic heterocycles. The highest BCUT2D eigenvalue weighted by atomic mass is 35.5. The summed E-state index contributed by atoms with van der Waals surface area (Å²) >= 11 is 0. The second-order valence-corrected chi connectivity index (χ2v) is 4.62. The Hall–Kier alpha value is -1.96. The fraction of sp³-hybridized carbons (Fsp3) is 0.357. The summed E-state index contributed by atoms with van der Waals surface area (Å²) < 4.78 is 10.0. The molecule has 22 heavy (non-hydrogen) atoms. The zero-order valence-corrected chi connectivity index (χ0v) is 13.2. The van der Waals surface area contributed by atoms with Crippen molar-refractivity contribution in [2.24, 2.45) is 5.73 Å². The highest BCUT2D eigenvalue weighted by molar-refractivity contribution is 5.85. The molecule has 1 aromatic carbocycles. The second-order valence-electron chi connectivity index (χ2n) is 4.62. The molecule has 0 fully saturated rings. The minimum absolute atomic E-state index is 0. The van der Waals surface area contributed by atoms with Crippen molar-refractivity contribution in [1.29, 1.82) is 0 Å². The van der Waals surface area contributed by atoms with Crippen molar-refractivity contribution in [2.45, 2.75) is 19.0 Å². The molecule has 0 radical (unpaired) electrons. The predicted molar refractivity (Wildman–Crippen MR) is 83.4 cm³/mol. The van der Waals surface area contributed by atoms with Gasteiger partial charge in [-0.25, -0.2) is 0 Å². The second kappa shape index (κ2) is 8.47. The molecule has 7 nitrogen and oxygen atoms in total. The van der Waals surface area contributed by atoms with E-state index in [-0.39, 0.29) is 24.9 Å². The van der Waals surface area contributed by atoms with Crippen LogP contribution in [-0.2, 0) is 9.53 Å². The first kappa shape index (κ1) is 18.1. The summed E-state index contributed by atoms with van der Waals surface area (Å²) in [4.78, 5) is 16.1. The Morgan fingerprint density at radius 2 is 2.09 bits per heavy atom. The van der Waals surface area contributed by atoms with Gasteiger partial charge in [0, 0.05) is 12.7 Å². The summed E-state index contributed by atoms with van der Waals surface area (Å²) in [5, 5.41) is 6.59. The van der Waals surface area contributed by atoms with E-state index in [0.29, 0.717) is 11.7 Å². The number of methoxy groups -OCH3 is 1. The van der Waals surface area contributed by atoms with Crippen LogP contribution in [0.25, 0.3) is 11.5 Å². The van der Waals surface area contributed by atoms with Crippen LogP contribution in [0.5, 0.6) is 0 Å². The van der Waals surface area contributed by atoms with E-state index in [1.54, 1.807) is 6.92 Å². The molecular formula is C14H19ClN4O3. The summed E-state index contributed by atoms with van der Waals surface area (Å²) in [6, 6.07) is 8.28. The van der Waals surface area contributed by atoms with Crippen LogP contribution in [-0.4, -0.2) is 35.8 Å². The largest absolute Gasteiger partial charge is 0.383 e. The number of nitrogens with two attached hydrogens (primary N) is 1. The molecule has 2 aromatic rings. The van der Waals surface area contributed by atoms with Crippen LogP contribution >= 0.6 is 12.4 Å². The zero-order valence-electron chi connectivity index (χ0n) is 12.4. The first-order chi connectivity index (χ1) is 10.1. The van der Waals surface area contributed by atoms with Crippen molar-refractivity contribution in [3.63, 3.8) is 0 Å². The normalized spacial score (nSPS) is 13.0. The quantitative estimate of drug-likeness (QED) is 0.829. The molecule has 1 amide bonds. The number of nitrogens with zero attached hydrogens (tertiary/aromatic N) is 2. The SMILES string of the molecule is COCC(N)C(=O)NC(C)c1noc(-c2ccccc2)n1.Cl. The molecule has 1 heterocycles. The third kappa shape index (κ3) is 4.52. The highest BCUT2D eigenvalue weighted by Gasteiger charge is 2.20. The Bertz CT molecular complexity index is 591. The Morgan fingerprint density at radius 3 is 2.73 bits per heavy atom. The summed E-state index contributed by atoms with van der Waals surface area (Å²) in [5.74, 6) is 0.482. The smallest absolute Gasteiger partial charge is 0.257 e. The molecule has 0 saturated carbocycles. The number of hydrogen-bond acceptors (Lipinski definition) is 6. The van der Waals surface area contributed by atoms with Gasteiger partial charge in [-0.15, -0.1) is 12.4 Å². The third-order valence-corrected chi connectivity index (χ3v) is 2.89. The lowest BCUT2D eigenvalue weighted by Gasteiger charge is -2.14. The monoisotopic (exact) mass is 326 g/mol. The fourth-order valence-electron chi connectivity index (χ4n) is 1.75. The van der Waals surface area contributed by atoms with Gasteiger partial charge in [-0.05, 0) is 19.1 Å². The number of ether oxygens (including phenoxy) is 1. The van der Waals surface area contributed by atoms with Crippen LogP contribution in [0.3, 0.4) is 0 Å². The molecule has 0 aliphatic rings. The van der Waals surface area contributed by atoms with E-state index in [1.807, 2.05) is 30.3 Å². The number of aromatic nitrogens is 2. The first-order valence-electron chi connectivity index (χ1n) is 6.55. The van der Waals surface area contributed by atoms with Crippen LogP contribution in [0, 0.1) is 0 Å². The van der Waals surface area contributed by atoms with Crippen LogP contribution in [0.15, 0.2) is 34.9 Å². The average Bonchev–Trinajstić information content (AvgIpc) is 2.98. The molecule has 0 aliphatic heterocycles. The van der Waals surface area contributed by atoms with E-state index in [4.69, 9.17) is 15.0 Å². The molecule has 0 bridgehead atoms. The molecule has 2 atom stereocenters. The maximum atomic E-state index is 11.8. The number of halogens is 1. The number of amides is 1. The van der Waals surface area contributed by atoms with Gasteiger partial charge in [0.1, 0.15) is 6.04 Å². The summed E-state index contributed by atoms with van der Waals surface area (Å²) in [7, 11) is 1.49. The lowest BCUT2D eigenvalue weighted by atomic mass is 10.2. The van der Waals surface area contributed by atoms with Crippen molar-refractivity contribution < 1.29 is 14.1 Å². The van der Waals surface area contributed by atoms with Crippen LogP contribution in [0.4, 0.5) is 0 Å². The van der Waals surface area contributed by atoms with E-state index in [0.717, 1.165) is 5.56 Å². The third-order valence-electron chi connectivity index (χ3n) is 2.89. The minimum atomic E-state index is -0.724. The number of carbonyl (C=O) groups is 1.